The summed E-state index contributed by atoms with van der Waals surface area (Å²) in [4.78, 5) is 7.59. The molecule has 21 heavy (non-hydrogen) atoms. The van der Waals surface area contributed by atoms with E-state index in [0.717, 1.165) is 34.7 Å². The third kappa shape index (κ3) is 2.26. The minimum Gasteiger partial charge on any atom is -0.452 e. The van der Waals surface area contributed by atoms with Crippen molar-refractivity contribution in [2.75, 3.05) is 6.54 Å². The lowest BCUT2D eigenvalue weighted by molar-refractivity contribution is 0.382. The van der Waals surface area contributed by atoms with E-state index < -0.39 is 0 Å². The lowest BCUT2D eigenvalue weighted by atomic mass is 10.0. The van der Waals surface area contributed by atoms with Gasteiger partial charge in [-0.15, -0.1) is 10.2 Å². The first-order chi connectivity index (χ1) is 10.3. The monoisotopic (exact) mass is 302 g/mol. The van der Waals surface area contributed by atoms with Crippen LogP contribution in [0.5, 0.6) is 0 Å². The van der Waals surface area contributed by atoms with Crippen LogP contribution in [-0.4, -0.2) is 31.3 Å². The third-order valence-corrected chi connectivity index (χ3v) is 4.47. The second kappa shape index (κ2) is 5.05. The van der Waals surface area contributed by atoms with Gasteiger partial charge in [0.05, 0.1) is 12.0 Å². The molecular formula is C13H14N6OS. The lowest BCUT2D eigenvalue weighted by Gasteiger charge is -2.20. The Kier molecular flexibility index (Phi) is 3.04. The van der Waals surface area contributed by atoms with Crippen LogP contribution < -0.4 is 5.32 Å². The van der Waals surface area contributed by atoms with Gasteiger partial charge in [0.15, 0.2) is 10.2 Å². The summed E-state index contributed by atoms with van der Waals surface area (Å²) in [7, 11) is 1.91. The second-order valence-electron chi connectivity index (χ2n) is 4.89. The van der Waals surface area contributed by atoms with E-state index in [4.69, 9.17) is 4.42 Å². The Balaban J connectivity index is 1.60. The summed E-state index contributed by atoms with van der Waals surface area (Å²) in [5, 5.41) is 12.9. The van der Waals surface area contributed by atoms with E-state index >= 15 is 0 Å². The molecule has 0 saturated heterocycles. The van der Waals surface area contributed by atoms with E-state index in [9.17, 15) is 0 Å². The van der Waals surface area contributed by atoms with Gasteiger partial charge in [-0.2, -0.15) is 0 Å². The van der Waals surface area contributed by atoms with Crippen molar-refractivity contribution in [1.82, 2.24) is 30.0 Å². The fraction of sp³-hybridized carbons (Fsp3) is 0.308. The smallest absolute Gasteiger partial charge is 0.198 e. The molecule has 1 unspecified atom stereocenters. The quantitative estimate of drug-likeness (QED) is 0.763. The summed E-state index contributed by atoms with van der Waals surface area (Å²) < 4.78 is 7.80. The molecule has 4 rings (SSSR count). The van der Waals surface area contributed by atoms with Crippen LogP contribution in [-0.2, 0) is 13.5 Å². The Bertz CT molecular complexity index is 760. The van der Waals surface area contributed by atoms with E-state index in [2.05, 4.69) is 25.5 Å². The zero-order valence-electron chi connectivity index (χ0n) is 11.4. The molecule has 1 atom stereocenters. The Morgan fingerprint density at radius 1 is 1.43 bits per heavy atom. The van der Waals surface area contributed by atoms with E-state index in [1.165, 1.54) is 17.5 Å². The first-order valence-corrected chi connectivity index (χ1v) is 7.50. The number of nitrogens with zero attached hydrogens (tertiary/aromatic N) is 4. The largest absolute Gasteiger partial charge is 0.452 e. The molecule has 0 bridgehead atoms. The highest BCUT2D eigenvalue weighted by atomic mass is 32.2. The van der Waals surface area contributed by atoms with Crippen LogP contribution in [0.15, 0.2) is 39.5 Å². The Labute approximate surface area is 125 Å². The van der Waals surface area contributed by atoms with Crippen molar-refractivity contribution in [2.24, 2.45) is 7.05 Å². The molecule has 7 nitrogen and oxygen atoms in total. The molecule has 108 valence electrons. The summed E-state index contributed by atoms with van der Waals surface area (Å²) in [5.74, 6) is 0.868. The van der Waals surface area contributed by atoms with Crippen LogP contribution in [0.3, 0.4) is 0 Å². The van der Waals surface area contributed by atoms with Gasteiger partial charge in [-0.05, 0) is 23.9 Å². The molecule has 0 radical (unpaired) electrons. The minimum atomic E-state index is 0.00819. The molecule has 3 aromatic heterocycles. The van der Waals surface area contributed by atoms with Gasteiger partial charge in [0.25, 0.3) is 0 Å². The van der Waals surface area contributed by atoms with Crippen molar-refractivity contribution in [1.29, 1.82) is 0 Å². The van der Waals surface area contributed by atoms with Crippen molar-refractivity contribution in [2.45, 2.75) is 22.7 Å². The van der Waals surface area contributed by atoms with Crippen LogP contribution in [0.4, 0.5) is 0 Å². The summed E-state index contributed by atoms with van der Waals surface area (Å²) >= 11 is 1.46. The van der Waals surface area contributed by atoms with E-state index in [0.29, 0.717) is 0 Å². The third-order valence-electron chi connectivity index (χ3n) is 3.50. The molecular weight excluding hydrogens is 288 g/mol. The summed E-state index contributed by atoms with van der Waals surface area (Å²) in [6.45, 7) is 0.909. The molecule has 0 aliphatic carbocycles. The Morgan fingerprint density at radius 3 is 3.24 bits per heavy atom. The highest BCUT2D eigenvalue weighted by Gasteiger charge is 2.26. The lowest BCUT2D eigenvalue weighted by Crippen LogP contribution is -2.30. The molecule has 0 spiro atoms. The highest BCUT2D eigenvalue weighted by Crippen LogP contribution is 2.32. The van der Waals surface area contributed by atoms with Gasteiger partial charge in [-0.3, -0.25) is 0 Å². The number of aryl methyl sites for hydroxylation is 1. The number of imidazole rings is 1. The number of H-pyrrole nitrogens is 1. The fourth-order valence-electron chi connectivity index (χ4n) is 2.45. The molecule has 0 saturated carbocycles. The van der Waals surface area contributed by atoms with E-state index in [1.54, 1.807) is 12.7 Å². The molecule has 0 amide bonds. The van der Waals surface area contributed by atoms with Crippen LogP contribution >= 0.6 is 11.8 Å². The van der Waals surface area contributed by atoms with Crippen molar-refractivity contribution >= 4 is 11.8 Å². The first-order valence-electron chi connectivity index (χ1n) is 6.68. The summed E-state index contributed by atoms with van der Waals surface area (Å²) in [6.07, 6.45) is 4.38. The van der Waals surface area contributed by atoms with Gasteiger partial charge >= 0.3 is 0 Å². The van der Waals surface area contributed by atoms with E-state index in [-0.39, 0.29) is 6.04 Å². The molecule has 3 aromatic rings. The predicted octanol–water partition coefficient (Wildman–Crippen LogP) is 1.52. The fourth-order valence-corrected chi connectivity index (χ4v) is 3.19. The number of aromatic nitrogens is 5. The van der Waals surface area contributed by atoms with Gasteiger partial charge in [0.1, 0.15) is 18.1 Å². The average Bonchev–Trinajstić information content (AvgIpc) is 3.21. The second-order valence-corrected chi connectivity index (χ2v) is 5.86. The summed E-state index contributed by atoms with van der Waals surface area (Å²) in [6, 6.07) is 3.95. The molecule has 1 aliphatic heterocycles. The molecule has 4 heterocycles. The molecule has 0 fully saturated rings. The van der Waals surface area contributed by atoms with Crippen molar-refractivity contribution in [3.63, 3.8) is 0 Å². The maximum absolute atomic E-state index is 5.94. The Hall–Kier alpha value is -2.06. The summed E-state index contributed by atoms with van der Waals surface area (Å²) in [5.41, 5.74) is 2.20. The molecule has 2 N–H and O–H groups in total. The zero-order valence-corrected chi connectivity index (χ0v) is 12.2. The minimum absolute atomic E-state index is 0.00819. The van der Waals surface area contributed by atoms with Crippen molar-refractivity contribution < 1.29 is 4.42 Å². The van der Waals surface area contributed by atoms with Crippen LogP contribution in [0.25, 0.3) is 0 Å². The molecule has 8 heteroatoms. The van der Waals surface area contributed by atoms with Crippen molar-refractivity contribution in [3.05, 3.63) is 41.9 Å². The van der Waals surface area contributed by atoms with Crippen LogP contribution in [0.2, 0.25) is 0 Å². The number of hydrogen-bond donors (Lipinski definition) is 2. The maximum atomic E-state index is 5.94. The average molecular weight is 302 g/mol. The Morgan fingerprint density at radius 2 is 2.38 bits per heavy atom. The first kappa shape index (κ1) is 12.7. The number of rotatable bonds is 3. The molecule has 0 aromatic carbocycles. The van der Waals surface area contributed by atoms with Gasteiger partial charge in [0, 0.05) is 25.7 Å². The topological polar surface area (TPSA) is 84.6 Å². The van der Waals surface area contributed by atoms with Gasteiger partial charge in [-0.1, -0.05) is 0 Å². The maximum Gasteiger partial charge on any atom is 0.198 e. The van der Waals surface area contributed by atoms with Crippen LogP contribution in [0.1, 0.15) is 23.2 Å². The number of hydrogen-bond acceptors (Lipinski definition) is 6. The standard InChI is InChI=1S/C13H14N6OS/c1-19-7-17-18-13(19)21-10-3-2-9(20-10)12-11-8(4-5-14-12)15-6-16-11/h2-3,6-7,12,14H,4-5H2,1H3,(H,15,16). The zero-order chi connectivity index (χ0) is 14.2. The van der Waals surface area contributed by atoms with Gasteiger partial charge in [-0.25, -0.2) is 4.98 Å². The SMILES string of the molecule is Cn1cnnc1Sc1ccc(C2NCCc3[nH]cnc32)o1. The highest BCUT2D eigenvalue weighted by molar-refractivity contribution is 7.99. The van der Waals surface area contributed by atoms with Gasteiger partial charge in [0.2, 0.25) is 0 Å². The number of fused-ring (bicyclic) bond motifs is 1. The predicted molar refractivity (Wildman–Crippen MR) is 76.0 cm³/mol. The normalized spacial score (nSPS) is 17.9. The van der Waals surface area contributed by atoms with Crippen LogP contribution in [0, 0.1) is 0 Å². The van der Waals surface area contributed by atoms with Gasteiger partial charge < -0.3 is 19.3 Å². The number of aromatic amines is 1. The number of nitrogens with one attached hydrogen (secondary N) is 2. The van der Waals surface area contributed by atoms with Crippen molar-refractivity contribution in [3.8, 4) is 0 Å². The molecule has 1 aliphatic rings. The van der Waals surface area contributed by atoms with E-state index in [1.807, 2.05) is 23.7 Å². The number of furan rings is 1.